The molecule has 0 radical (unpaired) electrons. The first-order valence-corrected chi connectivity index (χ1v) is 9.91. The molecule has 3 aromatic carbocycles. The third kappa shape index (κ3) is 5.39. The molecule has 0 saturated heterocycles. The molecule has 0 saturated carbocycles. The summed E-state index contributed by atoms with van der Waals surface area (Å²) in [6.45, 7) is 3.96. The van der Waals surface area contributed by atoms with Crippen LogP contribution in [0, 0.1) is 13.8 Å². The minimum absolute atomic E-state index is 0.0611. The average molecular weight is 419 g/mol. The van der Waals surface area contributed by atoms with Crippen LogP contribution < -0.4 is 16.0 Å². The van der Waals surface area contributed by atoms with Gasteiger partial charge in [0.15, 0.2) is 0 Å². The summed E-state index contributed by atoms with van der Waals surface area (Å²) in [7, 11) is 1.30. The van der Waals surface area contributed by atoms with Crippen molar-refractivity contribution < 1.29 is 19.1 Å². The Morgan fingerprint density at radius 1 is 0.871 bits per heavy atom. The molecule has 7 nitrogen and oxygen atoms in total. The number of methoxy groups -OCH3 is 1. The molecule has 0 aliphatic carbocycles. The summed E-state index contributed by atoms with van der Waals surface area (Å²) in [5.74, 6) is -0.804. The zero-order valence-electron chi connectivity index (χ0n) is 17.7. The lowest BCUT2D eigenvalue weighted by Crippen LogP contribution is -2.28. The first-order valence-electron chi connectivity index (χ1n) is 9.91. The number of carbonyl (C=O) groups excluding carboxylic acids is 3. The Hall–Kier alpha value is -3.87. The Morgan fingerprint density at radius 3 is 2.16 bits per heavy atom. The number of benzene rings is 3. The largest absolute Gasteiger partial charge is 0.469 e. The smallest absolute Gasteiger partial charge is 0.323 e. The maximum Gasteiger partial charge on any atom is 0.323 e. The number of hydrogen-bond acceptors (Lipinski definition) is 4. The van der Waals surface area contributed by atoms with Crippen LogP contribution in [0.3, 0.4) is 0 Å². The summed E-state index contributed by atoms with van der Waals surface area (Å²) < 4.78 is 4.59. The first kappa shape index (κ1) is 21.8. The summed E-state index contributed by atoms with van der Waals surface area (Å²) in [6.07, 6.45) is 0.0611. The van der Waals surface area contributed by atoms with E-state index in [0.717, 1.165) is 27.6 Å². The molecule has 0 aliphatic rings. The fourth-order valence-corrected chi connectivity index (χ4v) is 3.29. The number of urea groups is 1. The molecular formula is C24H25N3O4. The van der Waals surface area contributed by atoms with Crippen molar-refractivity contribution in [3.05, 3.63) is 71.3 Å². The maximum atomic E-state index is 12.8. The molecule has 0 aromatic heterocycles. The third-order valence-corrected chi connectivity index (χ3v) is 4.94. The summed E-state index contributed by atoms with van der Waals surface area (Å²) >= 11 is 0. The molecule has 0 fully saturated rings. The standard InChI is InChI=1S/C24H25N3O4/c1-15-7-6-8-16(2)22(15)27-24(30)26-20-14-18-10-5-4-9-17(18)13-19(20)23(29)25-12-11-21(28)31-3/h4-10,13-14H,11-12H2,1-3H3,(H,25,29)(H2,26,27,30). The number of esters is 1. The Morgan fingerprint density at radius 2 is 1.52 bits per heavy atom. The number of anilines is 2. The van der Waals surface area contributed by atoms with Crippen molar-refractivity contribution in [3.63, 3.8) is 0 Å². The minimum Gasteiger partial charge on any atom is -0.469 e. The van der Waals surface area contributed by atoms with Gasteiger partial charge in [0.25, 0.3) is 5.91 Å². The molecule has 0 aliphatic heterocycles. The van der Waals surface area contributed by atoms with Crippen LogP contribution in [0.15, 0.2) is 54.6 Å². The number of nitrogens with one attached hydrogen (secondary N) is 3. The second-order valence-corrected chi connectivity index (χ2v) is 7.17. The van der Waals surface area contributed by atoms with Crippen LogP contribution in [0.4, 0.5) is 16.2 Å². The van der Waals surface area contributed by atoms with Crippen molar-refractivity contribution in [2.45, 2.75) is 20.3 Å². The zero-order chi connectivity index (χ0) is 22.4. The van der Waals surface area contributed by atoms with Crippen molar-refractivity contribution in [2.24, 2.45) is 0 Å². The molecule has 0 atom stereocenters. The highest BCUT2D eigenvalue weighted by Gasteiger charge is 2.16. The highest BCUT2D eigenvalue weighted by Crippen LogP contribution is 2.25. The van der Waals surface area contributed by atoms with Gasteiger partial charge < -0.3 is 20.7 Å². The summed E-state index contributed by atoms with van der Waals surface area (Å²) in [5.41, 5.74) is 3.28. The van der Waals surface area contributed by atoms with Crippen LogP contribution in [0.5, 0.6) is 0 Å². The van der Waals surface area contributed by atoms with Gasteiger partial charge in [-0.15, -0.1) is 0 Å². The second kappa shape index (κ2) is 9.75. The minimum atomic E-state index is -0.448. The number of carbonyl (C=O) groups is 3. The Kier molecular flexibility index (Phi) is 6.87. The van der Waals surface area contributed by atoms with Crippen molar-refractivity contribution >= 4 is 40.1 Å². The lowest BCUT2D eigenvalue weighted by Gasteiger charge is -2.15. The highest BCUT2D eigenvalue weighted by molar-refractivity contribution is 6.10. The average Bonchev–Trinajstić information content (AvgIpc) is 2.75. The second-order valence-electron chi connectivity index (χ2n) is 7.17. The van der Waals surface area contributed by atoms with E-state index in [9.17, 15) is 14.4 Å². The number of aryl methyl sites for hydroxylation is 2. The van der Waals surface area contributed by atoms with Gasteiger partial charge in [0, 0.05) is 12.2 Å². The zero-order valence-corrected chi connectivity index (χ0v) is 17.7. The number of rotatable bonds is 6. The van der Waals surface area contributed by atoms with Gasteiger partial charge >= 0.3 is 12.0 Å². The van der Waals surface area contributed by atoms with Gasteiger partial charge in [0.05, 0.1) is 24.8 Å². The molecule has 0 bridgehead atoms. The van der Waals surface area contributed by atoms with Crippen LogP contribution in [0.25, 0.3) is 10.8 Å². The first-order chi connectivity index (χ1) is 14.9. The summed E-state index contributed by atoms with van der Waals surface area (Å²) in [5, 5.41) is 10.1. The fraction of sp³-hybridized carbons (Fsp3) is 0.208. The van der Waals surface area contributed by atoms with Crippen LogP contribution in [0.1, 0.15) is 27.9 Å². The van der Waals surface area contributed by atoms with Crippen LogP contribution in [-0.2, 0) is 9.53 Å². The van der Waals surface area contributed by atoms with E-state index in [-0.39, 0.29) is 13.0 Å². The number of fused-ring (bicyclic) bond motifs is 1. The Bertz CT molecular complexity index is 1120. The molecule has 3 N–H and O–H groups in total. The summed E-state index contributed by atoms with van der Waals surface area (Å²) in [4.78, 5) is 36.8. The quantitative estimate of drug-likeness (QED) is 0.516. The molecule has 3 rings (SSSR count). The normalized spacial score (nSPS) is 10.4. The monoisotopic (exact) mass is 419 g/mol. The maximum absolute atomic E-state index is 12.8. The Labute approximate surface area is 180 Å². The molecule has 3 aromatic rings. The van der Waals surface area contributed by atoms with E-state index in [1.165, 1.54) is 7.11 Å². The third-order valence-electron chi connectivity index (χ3n) is 4.94. The molecule has 0 heterocycles. The van der Waals surface area contributed by atoms with E-state index >= 15 is 0 Å². The van der Waals surface area contributed by atoms with Gasteiger partial charge in [-0.3, -0.25) is 9.59 Å². The van der Waals surface area contributed by atoms with E-state index in [4.69, 9.17) is 0 Å². The number of para-hydroxylation sites is 1. The molecular weight excluding hydrogens is 394 g/mol. The predicted octanol–water partition coefficient (Wildman–Crippen LogP) is 4.39. The number of hydrogen-bond donors (Lipinski definition) is 3. The molecule has 3 amide bonds. The van der Waals surface area contributed by atoms with E-state index in [2.05, 4.69) is 20.7 Å². The van der Waals surface area contributed by atoms with Gasteiger partial charge in [-0.1, -0.05) is 42.5 Å². The molecule has 0 spiro atoms. The number of amides is 3. The van der Waals surface area contributed by atoms with Gasteiger partial charge in [-0.05, 0) is 47.9 Å². The SMILES string of the molecule is COC(=O)CCNC(=O)c1cc2ccccc2cc1NC(=O)Nc1c(C)cccc1C. The molecule has 160 valence electrons. The van der Waals surface area contributed by atoms with Gasteiger partial charge in [0.2, 0.25) is 0 Å². The predicted molar refractivity (Wildman–Crippen MR) is 121 cm³/mol. The van der Waals surface area contributed by atoms with Crippen LogP contribution >= 0.6 is 0 Å². The molecule has 7 heteroatoms. The van der Waals surface area contributed by atoms with Crippen molar-refractivity contribution in [1.82, 2.24) is 5.32 Å². The van der Waals surface area contributed by atoms with Crippen molar-refractivity contribution in [1.29, 1.82) is 0 Å². The highest BCUT2D eigenvalue weighted by atomic mass is 16.5. The Balaban J connectivity index is 1.85. The lowest BCUT2D eigenvalue weighted by atomic mass is 10.0. The fourth-order valence-electron chi connectivity index (χ4n) is 3.29. The van der Waals surface area contributed by atoms with E-state index in [1.807, 2.05) is 56.3 Å². The lowest BCUT2D eigenvalue weighted by molar-refractivity contribution is -0.140. The van der Waals surface area contributed by atoms with E-state index in [1.54, 1.807) is 12.1 Å². The van der Waals surface area contributed by atoms with Gasteiger partial charge in [0.1, 0.15) is 0 Å². The van der Waals surface area contributed by atoms with E-state index in [0.29, 0.717) is 11.3 Å². The molecule has 31 heavy (non-hydrogen) atoms. The van der Waals surface area contributed by atoms with E-state index < -0.39 is 17.9 Å². The van der Waals surface area contributed by atoms with Crippen LogP contribution in [-0.4, -0.2) is 31.6 Å². The van der Waals surface area contributed by atoms with Gasteiger partial charge in [-0.25, -0.2) is 4.79 Å². The van der Waals surface area contributed by atoms with Crippen molar-refractivity contribution in [2.75, 3.05) is 24.3 Å². The van der Waals surface area contributed by atoms with Crippen LogP contribution in [0.2, 0.25) is 0 Å². The topological polar surface area (TPSA) is 96.5 Å². The number of ether oxygens (including phenoxy) is 1. The van der Waals surface area contributed by atoms with Gasteiger partial charge in [-0.2, -0.15) is 0 Å². The summed E-state index contributed by atoms with van der Waals surface area (Å²) in [6, 6.07) is 16.3. The van der Waals surface area contributed by atoms with Crippen molar-refractivity contribution in [3.8, 4) is 0 Å². The molecule has 0 unspecified atom stereocenters.